The van der Waals surface area contributed by atoms with Crippen molar-refractivity contribution in [1.82, 2.24) is 9.88 Å². The number of hydrogen-bond acceptors (Lipinski definition) is 2. The minimum Gasteiger partial charge on any atom is -0.350 e. The Morgan fingerprint density at radius 2 is 1.41 bits per heavy atom. The third kappa shape index (κ3) is 5.72. The van der Waals surface area contributed by atoms with Crippen LogP contribution in [0.2, 0.25) is 10.3 Å². The van der Waals surface area contributed by atoms with Crippen molar-refractivity contribution in [3.63, 3.8) is 0 Å². The van der Waals surface area contributed by atoms with E-state index in [1.165, 1.54) is 34.9 Å². The average Bonchev–Trinajstić information content (AvgIpc) is 3.14. The van der Waals surface area contributed by atoms with Gasteiger partial charge in [-0.05, 0) is 56.7 Å². The Kier molecular flexibility index (Phi) is 8.33. The zero-order valence-corrected chi connectivity index (χ0v) is 21.9. The van der Waals surface area contributed by atoms with Crippen LogP contribution in [0.25, 0.3) is 5.69 Å². The lowest BCUT2D eigenvalue weighted by atomic mass is 9.92. The number of aromatic nitrogens is 1. The summed E-state index contributed by atoms with van der Waals surface area (Å²) < 4.78 is 94.6. The molecule has 0 saturated heterocycles. The van der Waals surface area contributed by atoms with Crippen LogP contribution in [0.5, 0.6) is 0 Å². The van der Waals surface area contributed by atoms with Crippen molar-refractivity contribution in [2.24, 2.45) is 0 Å². The SMILES string of the molecule is Cc1cc(C(F)(C(F)(F)F)C(F)(F)F)ccc1NC(=O)c1cccc(-n2c(Cl)ccc2Cl)c1C(=O)NC(C)C. The van der Waals surface area contributed by atoms with E-state index in [1.807, 2.05) is 0 Å². The quantitative estimate of drug-likeness (QED) is 0.285. The second kappa shape index (κ2) is 10.7. The maximum Gasteiger partial charge on any atom is 0.435 e. The molecule has 0 unspecified atom stereocenters. The lowest BCUT2D eigenvalue weighted by molar-refractivity contribution is -0.348. The Morgan fingerprint density at radius 1 is 0.846 bits per heavy atom. The van der Waals surface area contributed by atoms with Crippen molar-refractivity contribution >= 4 is 40.7 Å². The minimum absolute atomic E-state index is 0.117. The van der Waals surface area contributed by atoms with Gasteiger partial charge >= 0.3 is 18.0 Å². The molecular weight excluding hydrogens is 578 g/mol. The Labute approximate surface area is 227 Å². The Balaban J connectivity index is 2.09. The normalized spacial score (nSPS) is 12.5. The molecule has 1 aromatic heterocycles. The number of benzene rings is 2. The number of rotatable bonds is 6. The van der Waals surface area contributed by atoms with Crippen LogP contribution in [0.4, 0.5) is 36.4 Å². The smallest absolute Gasteiger partial charge is 0.350 e. The summed E-state index contributed by atoms with van der Waals surface area (Å²) in [6.45, 7) is 4.44. The molecule has 3 rings (SSSR count). The van der Waals surface area contributed by atoms with Gasteiger partial charge in [-0.3, -0.25) is 14.2 Å². The molecule has 210 valence electrons. The van der Waals surface area contributed by atoms with Gasteiger partial charge in [0.15, 0.2) is 0 Å². The van der Waals surface area contributed by atoms with Crippen LogP contribution >= 0.6 is 23.2 Å². The summed E-state index contributed by atoms with van der Waals surface area (Å²) in [6, 6.07) is 8.08. The van der Waals surface area contributed by atoms with E-state index in [0.29, 0.717) is 12.1 Å². The number of hydrogen-bond donors (Lipinski definition) is 2. The van der Waals surface area contributed by atoms with Crippen molar-refractivity contribution in [2.45, 2.75) is 44.8 Å². The van der Waals surface area contributed by atoms with Crippen LogP contribution in [-0.4, -0.2) is 34.8 Å². The first-order valence-corrected chi connectivity index (χ1v) is 11.9. The van der Waals surface area contributed by atoms with E-state index in [4.69, 9.17) is 23.2 Å². The summed E-state index contributed by atoms with van der Waals surface area (Å²) >= 11 is 12.4. The fraction of sp³-hybridized carbons (Fsp3) is 0.280. The van der Waals surface area contributed by atoms with Crippen molar-refractivity contribution in [3.05, 3.63) is 81.1 Å². The molecule has 0 saturated carbocycles. The van der Waals surface area contributed by atoms with Gasteiger partial charge in [0, 0.05) is 17.3 Å². The van der Waals surface area contributed by atoms with Gasteiger partial charge in [0.05, 0.1) is 16.8 Å². The minimum atomic E-state index is -6.29. The molecule has 39 heavy (non-hydrogen) atoms. The van der Waals surface area contributed by atoms with E-state index in [2.05, 4.69) is 10.6 Å². The fourth-order valence-electron chi connectivity index (χ4n) is 3.80. The maximum atomic E-state index is 14.5. The van der Waals surface area contributed by atoms with Crippen molar-refractivity contribution in [2.75, 3.05) is 5.32 Å². The summed E-state index contributed by atoms with van der Waals surface area (Å²) in [4.78, 5) is 26.4. The van der Waals surface area contributed by atoms with Crippen LogP contribution in [0, 0.1) is 6.92 Å². The predicted octanol–water partition coefficient (Wildman–Crippen LogP) is 7.77. The van der Waals surface area contributed by atoms with Gasteiger partial charge in [-0.2, -0.15) is 26.3 Å². The summed E-state index contributed by atoms with van der Waals surface area (Å²) in [6.07, 6.45) is -12.6. The van der Waals surface area contributed by atoms with Crippen LogP contribution in [0.3, 0.4) is 0 Å². The molecule has 2 amide bonds. The van der Waals surface area contributed by atoms with Gasteiger partial charge in [-0.15, -0.1) is 0 Å². The number of nitrogens with one attached hydrogen (secondary N) is 2. The number of nitrogens with zero attached hydrogens (tertiary/aromatic N) is 1. The van der Waals surface area contributed by atoms with Crippen LogP contribution in [0.15, 0.2) is 48.5 Å². The molecule has 0 aliphatic carbocycles. The van der Waals surface area contributed by atoms with Gasteiger partial charge < -0.3 is 10.6 Å². The summed E-state index contributed by atoms with van der Waals surface area (Å²) in [5, 5.41) is 5.24. The highest BCUT2D eigenvalue weighted by atomic mass is 35.5. The van der Waals surface area contributed by atoms with E-state index in [-0.39, 0.29) is 50.5 Å². The van der Waals surface area contributed by atoms with Crippen molar-refractivity contribution in [3.8, 4) is 5.69 Å². The molecule has 2 N–H and O–H groups in total. The molecule has 0 spiro atoms. The highest BCUT2D eigenvalue weighted by Gasteiger charge is 2.73. The first-order valence-electron chi connectivity index (χ1n) is 11.1. The molecule has 0 bridgehead atoms. The van der Waals surface area contributed by atoms with Gasteiger partial charge in [0.1, 0.15) is 10.3 Å². The van der Waals surface area contributed by atoms with Crippen molar-refractivity contribution < 1.29 is 40.3 Å². The lowest BCUT2D eigenvalue weighted by Crippen LogP contribution is -2.50. The molecule has 14 heteroatoms. The number of carbonyl (C=O) groups is 2. The molecule has 0 radical (unpaired) electrons. The largest absolute Gasteiger partial charge is 0.435 e. The lowest BCUT2D eigenvalue weighted by Gasteiger charge is -2.30. The second-order valence-corrected chi connectivity index (χ2v) is 9.55. The zero-order chi connectivity index (χ0) is 29.5. The topological polar surface area (TPSA) is 63.1 Å². The summed E-state index contributed by atoms with van der Waals surface area (Å²) in [7, 11) is 0. The second-order valence-electron chi connectivity index (χ2n) is 8.78. The third-order valence-corrected chi connectivity index (χ3v) is 6.20. The molecule has 2 aromatic carbocycles. The zero-order valence-electron chi connectivity index (χ0n) is 20.4. The van der Waals surface area contributed by atoms with E-state index >= 15 is 0 Å². The fourth-order valence-corrected chi connectivity index (χ4v) is 4.34. The number of anilines is 1. The molecule has 1 heterocycles. The Hall–Kier alpha value is -3.25. The predicted molar refractivity (Wildman–Crippen MR) is 132 cm³/mol. The Bertz CT molecular complexity index is 1380. The number of aryl methyl sites for hydroxylation is 1. The average molecular weight is 598 g/mol. The van der Waals surface area contributed by atoms with Gasteiger partial charge in [-0.25, -0.2) is 4.39 Å². The van der Waals surface area contributed by atoms with Gasteiger partial charge in [-0.1, -0.05) is 41.4 Å². The van der Waals surface area contributed by atoms with Crippen LogP contribution in [0.1, 0.15) is 45.7 Å². The first-order chi connectivity index (χ1) is 17.9. The van der Waals surface area contributed by atoms with E-state index < -0.39 is 35.4 Å². The molecule has 3 aromatic rings. The first kappa shape index (κ1) is 30.3. The molecule has 0 fully saturated rings. The van der Waals surface area contributed by atoms with Crippen LogP contribution < -0.4 is 10.6 Å². The third-order valence-electron chi connectivity index (χ3n) is 5.61. The number of amides is 2. The molecule has 0 atom stereocenters. The van der Waals surface area contributed by atoms with Gasteiger partial charge in [0.2, 0.25) is 0 Å². The van der Waals surface area contributed by atoms with E-state index in [1.54, 1.807) is 13.8 Å². The highest BCUT2D eigenvalue weighted by molar-refractivity contribution is 6.34. The van der Waals surface area contributed by atoms with E-state index in [9.17, 15) is 40.3 Å². The molecule has 5 nitrogen and oxygen atoms in total. The number of halogens is 9. The summed E-state index contributed by atoms with van der Waals surface area (Å²) in [5.41, 5.74) is -8.07. The number of alkyl halides is 7. The van der Waals surface area contributed by atoms with Crippen molar-refractivity contribution in [1.29, 1.82) is 0 Å². The molecule has 0 aliphatic heterocycles. The standard InChI is InChI=1S/C25H20Cl2F7N3O2/c1-12(2)35-22(39)20-15(5-4-6-17(20)37-18(26)9-10-19(37)27)21(38)36-16-8-7-14(11-13(16)3)23(28,24(29,30)31)25(32,33)34/h4-12H,1-3H3,(H,35,39)(H,36,38). The molecule has 0 aliphatic rings. The van der Waals surface area contributed by atoms with Gasteiger partial charge in [0.25, 0.3) is 11.8 Å². The summed E-state index contributed by atoms with van der Waals surface area (Å²) in [5.74, 6) is -1.62. The maximum absolute atomic E-state index is 14.5. The number of carbonyl (C=O) groups excluding carboxylic acids is 2. The van der Waals surface area contributed by atoms with Crippen LogP contribution in [-0.2, 0) is 5.67 Å². The van der Waals surface area contributed by atoms with E-state index in [0.717, 1.165) is 6.92 Å². The molecular formula is C25H20Cl2F7N3O2. The monoisotopic (exact) mass is 597 g/mol. The highest BCUT2D eigenvalue weighted by Crippen LogP contribution is 2.53. The Morgan fingerprint density at radius 3 is 1.90 bits per heavy atom.